The van der Waals surface area contributed by atoms with Crippen LogP contribution in [0.15, 0.2) is 4.99 Å². The molecule has 92 valence electrons. The number of hydrogen-bond donors (Lipinski definition) is 2. The summed E-state index contributed by atoms with van der Waals surface area (Å²) >= 11 is 2.06. The van der Waals surface area contributed by atoms with E-state index in [4.69, 9.17) is 5.73 Å². The van der Waals surface area contributed by atoms with Crippen LogP contribution < -0.4 is 11.1 Å². The summed E-state index contributed by atoms with van der Waals surface area (Å²) in [6, 6.07) is 0. The minimum Gasteiger partial charge on any atom is -0.370 e. The van der Waals surface area contributed by atoms with E-state index < -0.39 is 0 Å². The lowest BCUT2D eigenvalue weighted by atomic mass is 9.85. The zero-order valence-corrected chi connectivity index (χ0v) is 10.8. The zero-order chi connectivity index (χ0) is 11.2. The molecule has 1 saturated carbocycles. The summed E-state index contributed by atoms with van der Waals surface area (Å²) in [5.41, 5.74) is 5.85. The summed E-state index contributed by atoms with van der Waals surface area (Å²) in [4.78, 5) is 4.45. The van der Waals surface area contributed by atoms with Gasteiger partial charge >= 0.3 is 0 Å². The lowest BCUT2D eigenvalue weighted by Gasteiger charge is -2.25. The molecule has 1 atom stereocenters. The molecule has 0 spiro atoms. The molecule has 2 rings (SSSR count). The van der Waals surface area contributed by atoms with E-state index in [1.165, 1.54) is 43.6 Å². The number of hydrogen-bond acceptors (Lipinski definition) is 2. The van der Waals surface area contributed by atoms with Crippen LogP contribution in [0.5, 0.6) is 0 Å². The number of aliphatic imine (C=N–C) groups is 1. The Hall–Kier alpha value is -0.380. The quantitative estimate of drug-likeness (QED) is 0.583. The highest BCUT2D eigenvalue weighted by Crippen LogP contribution is 2.25. The molecule has 1 aliphatic carbocycles. The van der Waals surface area contributed by atoms with E-state index in [1.807, 2.05) is 0 Å². The van der Waals surface area contributed by atoms with Crippen molar-refractivity contribution in [2.45, 2.75) is 32.1 Å². The van der Waals surface area contributed by atoms with Gasteiger partial charge in [-0.05, 0) is 49.0 Å². The minimum absolute atomic E-state index is 0.655. The number of nitrogens with two attached hydrogens (primary N) is 1. The molecule has 0 aromatic rings. The first-order chi connectivity index (χ1) is 7.84. The van der Waals surface area contributed by atoms with Crippen molar-refractivity contribution in [3.8, 4) is 0 Å². The summed E-state index contributed by atoms with van der Waals surface area (Å²) in [5.74, 6) is 4.85. The Balaban J connectivity index is 1.60. The van der Waals surface area contributed by atoms with Gasteiger partial charge in [0.05, 0.1) is 0 Å². The molecule has 1 unspecified atom stereocenters. The Kier molecular flexibility index (Phi) is 4.82. The smallest absolute Gasteiger partial charge is 0.188 e. The van der Waals surface area contributed by atoms with Crippen LogP contribution >= 0.6 is 11.8 Å². The number of rotatable bonds is 4. The predicted octanol–water partition coefficient (Wildman–Crippen LogP) is 1.83. The summed E-state index contributed by atoms with van der Waals surface area (Å²) in [5, 5.41) is 3.25. The largest absolute Gasteiger partial charge is 0.370 e. The van der Waals surface area contributed by atoms with Crippen molar-refractivity contribution < 1.29 is 0 Å². The van der Waals surface area contributed by atoms with Crippen LogP contribution in [0.4, 0.5) is 0 Å². The van der Waals surface area contributed by atoms with Crippen LogP contribution in [0.2, 0.25) is 0 Å². The molecular weight excluding hydrogens is 218 g/mol. The number of thioether (sulfide) groups is 1. The lowest BCUT2D eigenvalue weighted by molar-refractivity contribution is 0.315. The Morgan fingerprint density at radius 1 is 1.25 bits per heavy atom. The summed E-state index contributed by atoms with van der Waals surface area (Å²) in [7, 11) is 0. The van der Waals surface area contributed by atoms with E-state index in [0.717, 1.165) is 24.9 Å². The van der Waals surface area contributed by atoms with Crippen molar-refractivity contribution in [3.63, 3.8) is 0 Å². The van der Waals surface area contributed by atoms with Crippen molar-refractivity contribution in [3.05, 3.63) is 0 Å². The molecule has 0 amide bonds. The molecule has 1 saturated heterocycles. The Morgan fingerprint density at radius 3 is 2.69 bits per heavy atom. The average Bonchev–Trinajstić information content (AvgIpc) is 2.26. The summed E-state index contributed by atoms with van der Waals surface area (Å²) < 4.78 is 0. The van der Waals surface area contributed by atoms with Gasteiger partial charge < -0.3 is 11.1 Å². The molecule has 1 heterocycles. The third kappa shape index (κ3) is 3.89. The van der Waals surface area contributed by atoms with E-state index in [0.29, 0.717) is 5.96 Å². The van der Waals surface area contributed by atoms with Gasteiger partial charge in [-0.15, -0.1) is 0 Å². The number of guanidine groups is 1. The summed E-state index contributed by atoms with van der Waals surface area (Å²) in [6.45, 7) is 1.94. The molecule has 0 radical (unpaired) electrons. The van der Waals surface area contributed by atoms with Gasteiger partial charge in [0.25, 0.3) is 0 Å². The molecule has 16 heavy (non-hydrogen) atoms. The van der Waals surface area contributed by atoms with Crippen LogP contribution in [-0.2, 0) is 0 Å². The molecule has 4 heteroatoms. The lowest BCUT2D eigenvalue weighted by Crippen LogP contribution is -2.37. The van der Waals surface area contributed by atoms with Crippen molar-refractivity contribution in [2.24, 2.45) is 22.6 Å². The van der Waals surface area contributed by atoms with Crippen molar-refractivity contribution >= 4 is 17.7 Å². The van der Waals surface area contributed by atoms with Gasteiger partial charge in [-0.2, -0.15) is 11.8 Å². The molecule has 2 aliphatic rings. The summed E-state index contributed by atoms with van der Waals surface area (Å²) in [6.07, 6.45) is 6.79. The fraction of sp³-hybridized carbons (Fsp3) is 0.917. The molecular formula is C12H23N3S. The highest BCUT2D eigenvalue weighted by molar-refractivity contribution is 7.99. The first-order valence-corrected chi connectivity index (χ1v) is 7.61. The van der Waals surface area contributed by atoms with Crippen LogP contribution in [0, 0.1) is 11.8 Å². The second kappa shape index (κ2) is 6.38. The van der Waals surface area contributed by atoms with Crippen molar-refractivity contribution in [2.75, 3.05) is 24.6 Å². The molecule has 0 bridgehead atoms. The monoisotopic (exact) mass is 241 g/mol. The topological polar surface area (TPSA) is 50.4 Å². The van der Waals surface area contributed by atoms with E-state index in [-0.39, 0.29) is 0 Å². The normalized spacial score (nSPS) is 27.5. The van der Waals surface area contributed by atoms with Gasteiger partial charge in [-0.3, -0.25) is 4.99 Å². The van der Waals surface area contributed by atoms with Crippen LogP contribution in [0.1, 0.15) is 32.1 Å². The molecule has 3 N–H and O–H groups in total. The van der Waals surface area contributed by atoms with Gasteiger partial charge in [0.2, 0.25) is 0 Å². The second-order valence-electron chi connectivity index (χ2n) is 4.99. The fourth-order valence-electron chi connectivity index (χ4n) is 2.18. The predicted molar refractivity (Wildman–Crippen MR) is 71.9 cm³/mol. The van der Waals surface area contributed by atoms with Crippen molar-refractivity contribution in [1.82, 2.24) is 5.32 Å². The average molecular weight is 241 g/mol. The van der Waals surface area contributed by atoms with Crippen molar-refractivity contribution in [1.29, 1.82) is 0 Å². The van der Waals surface area contributed by atoms with Gasteiger partial charge in [0.1, 0.15) is 0 Å². The van der Waals surface area contributed by atoms with Crippen LogP contribution in [0.3, 0.4) is 0 Å². The molecule has 3 nitrogen and oxygen atoms in total. The van der Waals surface area contributed by atoms with E-state index in [9.17, 15) is 0 Å². The zero-order valence-electron chi connectivity index (χ0n) is 9.95. The molecule has 1 aliphatic heterocycles. The van der Waals surface area contributed by atoms with E-state index in [1.54, 1.807) is 0 Å². The van der Waals surface area contributed by atoms with E-state index >= 15 is 0 Å². The molecule has 0 aromatic heterocycles. The SMILES string of the molecule is NC(=NCC1CCCSC1)NCC1CCC1. The van der Waals surface area contributed by atoms with Gasteiger partial charge in [-0.1, -0.05) is 6.42 Å². The third-order valence-electron chi connectivity index (χ3n) is 3.57. The number of nitrogens with zero attached hydrogens (tertiary/aromatic N) is 1. The fourth-order valence-corrected chi connectivity index (χ4v) is 3.32. The van der Waals surface area contributed by atoms with Gasteiger partial charge in [0.15, 0.2) is 5.96 Å². The first kappa shape index (κ1) is 12.1. The molecule has 0 aromatic carbocycles. The maximum absolute atomic E-state index is 5.85. The van der Waals surface area contributed by atoms with Gasteiger partial charge in [-0.25, -0.2) is 0 Å². The highest BCUT2D eigenvalue weighted by Gasteiger charge is 2.17. The maximum atomic E-state index is 5.85. The number of nitrogens with one attached hydrogen (secondary N) is 1. The Morgan fingerprint density at radius 2 is 2.06 bits per heavy atom. The van der Waals surface area contributed by atoms with Crippen LogP contribution in [0.25, 0.3) is 0 Å². The first-order valence-electron chi connectivity index (χ1n) is 6.46. The van der Waals surface area contributed by atoms with Crippen LogP contribution in [-0.4, -0.2) is 30.6 Å². The maximum Gasteiger partial charge on any atom is 0.188 e. The Bertz CT molecular complexity index is 232. The van der Waals surface area contributed by atoms with Gasteiger partial charge in [0, 0.05) is 13.1 Å². The minimum atomic E-state index is 0.655. The molecule has 2 fully saturated rings. The third-order valence-corrected chi connectivity index (χ3v) is 4.86. The standard InChI is InChI=1S/C12H23N3S/c13-12(14-7-10-3-1-4-10)15-8-11-5-2-6-16-9-11/h10-11H,1-9H2,(H3,13,14,15). The Labute approximate surface area is 103 Å². The second-order valence-corrected chi connectivity index (χ2v) is 6.14. The highest BCUT2D eigenvalue weighted by atomic mass is 32.2. The van der Waals surface area contributed by atoms with E-state index in [2.05, 4.69) is 22.1 Å².